The molecule has 3 aliphatic rings. The fraction of sp³-hybridized carbons (Fsp3) is 0.515. The fourth-order valence-corrected chi connectivity index (χ4v) is 7.32. The number of fused-ring (bicyclic) bond motifs is 3. The highest BCUT2D eigenvalue weighted by Crippen LogP contribution is 2.46. The van der Waals surface area contributed by atoms with E-state index in [4.69, 9.17) is 20.2 Å². The zero-order valence-corrected chi connectivity index (χ0v) is 27.1. The minimum atomic E-state index is -4.98. The normalized spacial score (nSPS) is 23.9. The van der Waals surface area contributed by atoms with Crippen LogP contribution < -0.4 is 25.4 Å². The monoisotopic (exact) mass is 672 g/mol. The maximum atomic E-state index is 16.9. The van der Waals surface area contributed by atoms with Gasteiger partial charge in [0.2, 0.25) is 5.88 Å². The lowest BCUT2D eigenvalue weighted by atomic mass is 9.78. The van der Waals surface area contributed by atoms with Gasteiger partial charge in [-0.1, -0.05) is 13.8 Å². The Morgan fingerprint density at radius 2 is 1.92 bits per heavy atom. The highest BCUT2D eigenvalue weighted by molar-refractivity contribution is 5.98. The van der Waals surface area contributed by atoms with E-state index in [1.807, 2.05) is 18.7 Å². The molecule has 5 heterocycles. The number of halogens is 5. The molecule has 1 aromatic carbocycles. The minimum Gasteiger partial charge on any atom is -0.480 e. The van der Waals surface area contributed by atoms with Crippen LogP contribution in [0.15, 0.2) is 18.0 Å². The molecule has 0 unspecified atom stereocenters. The number of nitrogens with two attached hydrogens (primary N) is 1. The Morgan fingerprint density at radius 3 is 2.52 bits per heavy atom. The average molecular weight is 673 g/mol. The predicted octanol–water partition coefficient (Wildman–Crippen LogP) is 5.53. The fourth-order valence-electron chi connectivity index (χ4n) is 7.32. The second-order valence-corrected chi connectivity index (χ2v) is 13.0. The van der Waals surface area contributed by atoms with E-state index in [1.165, 1.54) is 14.0 Å². The minimum absolute atomic E-state index is 0.0427. The number of aryl methyl sites for hydroxylation is 1. The first-order chi connectivity index (χ1) is 22.8. The van der Waals surface area contributed by atoms with Crippen LogP contribution in [0, 0.1) is 29.5 Å². The van der Waals surface area contributed by atoms with Gasteiger partial charge in [-0.2, -0.15) is 28.4 Å². The van der Waals surface area contributed by atoms with Crippen molar-refractivity contribution in [1.29, 1.82) is 5.26 Å². The van der Waals surface area contributed by atoms with E-state index in [-0.39, 0.29) is 53.0 Å². The summed E-state index contributed by atoms with van der Waals surface area (Å²) in [5.41, 5.74) is 1.40. The average Bonchev–Trinajstić information content (AvgIpc) is 3.39. The molecule has 3 atom stereocenters. The Hall–Kier alpha value is -4.29. The molecule has 2 bridgehead atoms. The SMILES string of the molecule is CCN1CC/C(=C\F)[C@](C)(COc2nc(N3C[C@H]4CC[C@@H](C3)N4)c3c(OC)nc(-c4c(C#N)c(N)cc(C)c4C(F)(F)F)c(F)c3n2)C1. The van der Waals surface area contributed by atoms with Crippen LogP contribution in [-0.4, -0.2) is 78.4 Å². The number of alkyl halides is 3. The van der Waals surface area contributed by atoms with Crippen LogP contribution in [0.4, 0.5) is 33.5 Å². The van der Waals surface area contributed by atoms with Crippen LogP contribution in [0.1, 0.15) is 49.8 Å². The smallest absolute Gasteiger partial charge is 0.417 e. The maximum absolute atomic E-state index is 16.9. The van der Waals surface area contributed by atoms with Crippen LogP contribution in [0.5, 0.6) is 11.9 Å². The van der Waals surface area contributed by atoms with E-state index in [0.717, 1.165) is 25.5 Å². The lowest BCUT2D eigenvalue weighted by molar-refractivity contribution is -0.137. The van der Waals surface area contributed by atoms with Gasteiger partial charge in [-0.05, 0) is 49.9 Å². The molecule has 0 radical (unpaired) electrons. The number of pyridine rings is 1. The first kappa shape index (κ1) is 33.6. The number of piperazine rings is 1. The Labute approximate surface area is 274 Å². The van der Waals surface area contributed by atoms with Crippen LogP contribution in [0.2, 0.25) is 0 Å². The highest BCUT2D eigenvalue weighted by atomic mass is 19.4. The molecule has 3 aromatic rings. The summed E-state index contributed by atoms with van der Waals surface area (Å²) in [5.74, 6) is -1.21. The Morgan fingerprint density at radius 1 is 1.21 bits per heavy atom. The van der Waals surface area contributed by atoms with Crippen molar-refractivity contribution in [2.75, 3.05) is 57.1 Å². The van der Waals surface area contributed by atoms with E-state index in [9.17, 15) is 22.8 Å². The predicted molar refractivity (Wildman–Crippen MR) is 170 cm³/mol. The molecule has 0 amide bonds. The molecule has 2 aromatic heterocycles. The number of hydrogen-bond donors (Lipinski definition) is 2. The van der Waals surface area contributed by atoms with Crippen molar-refractivity contribution in [3.63, 3.8) is 0 Å². The zero-order chi connectivity index (χ0) is 34.5. The van der Waals surface area contributed by atoms with Crippen molar-refractivity contribution >= 4 is 22.4 Å². The van der Waals surface area contributed by atoms with Crippen molar-refractivity contribution in [3.8, 4) is 29.2 Å². The van der Waals surface area contributed by atoms with Gasteiger partial charge in [0.1, 0.15) is 35.1 Å². The first-order valence-corrected chi connectivity index (χ1v) is 15.8. The molecule has 15 heteroatoms. The summed E-state index contributed by atoms with van der Waals surface area (Å²) in [4.78, 5) is 17.4. The Balaban J connectivity index is 1.57. The van der Waals surface area contributed by atoms with Crippen molar-refractivity contribution in [2.24, 2.45) is 5.41 Å². The standard InChI is InChI=1S/C33H37F5N8O2/c1-5-45-9-8-18(11-34)32(3,15-45)16-48-31-43-28-24(29(44-31)46-13-19-6-7-20(14-46)41-19)30(47-4)42-27(26(28)35)23-21(12-39)22(40)10-17(2)25(23)33(36,37)38/h10-11,19-20,41H,5-9,13-16,40H2,1-4H3/b18-11+/t19-,20+,32-/m0/s1. The van der Waals surface area contributed by atoms with Gasteiger partial charge in [0, 0.05) is 49.2 Å². The summed E-state index contributed by atoms with van der Waals surface area (Å²) < 4.78 is 86.2. The van der Waals surface area contributed by atoms with Gasteiger partial charge in [0.15, 0.2) is 5.82 Å². The number of benzene rings is 1. The van der Waals surface area contributed by atoms with Crippen molar-refractivity contribution < 1.29 is 31.4 Å². The number of rotatable bonds is 7. The molecule has 48 heavy (non-hydrogen) atoms. The Kier molecular flexibility index (Phi) is 8.84. The molecule has 0 spiro atoms. The second kappa shape index (κ2) is 12.6. The number of likely N-dealkylation sites (tertiary alicyclic amines) is 1. The quantitative estimate of drug-likeness (QED) is 0.245. The summed E-state index contributed by atoms with van der Waals surface area (Å²) in [6.45, 7) is 7.99. The lowest BCUT2D eigenvalue weighted by Crippen LogP contribution is -2.51. The van der Waals surface area contributed by atoms with Crippen LogP contribution >= 0.6 is 0 Å². The number of anilines is 2. The number of piperidine rings is 1. The van der Waals surface area contributed by atoms with Crippen molar-refractivity contribution in [2.45, 2.75) is 58.3 Å². The molecular weight excluding hydrogens is 635 g/mol. The van der Waals surface area contributed by atoms with Crippen LogP contribution in [0.25, 0.3) is 22.2 Å². The van der Waals surface area contributed by atoms with E-state index in [1.54, 1.807) is 6.07 Å². The highest BCUT2D eigenvalue weighted by Gasteiger charge is 2.41. The number of hydrogen-bond acceptors (Lipinski definition) is 10. The Bertz CT molecular complexity index is 1810. The van der Waals surface area contributed by atoms with E-state index < -0.39 is 45.3 Å². The number of nitrogen functional groups attached to an aromatic ring is 1. The van der Waals surface area contributed by atoms with Gasteiger partial charge in [-0.3, -0.25) is 0 Å². The van der Waals surface area contributed by atoms with Gasteiger partial charge in [-0.25, -0.2) is 13.8 Å². The molecule has 0 saturated carbocycles. The van der Waals surface area contributed by atoms with E-state index >= 15 is 4.39 Å². The molecule has 3 fully saturated rings. The molecule has 6 rings (SSSR count). The number of nitrogens with zero attached hydrogens (tertiary/aromatic N) is 6. The molecule has 3 aliphatic heterocycles. The molecule has 256 valence electrons. The van der Waals surface area contributed by atoms with Crippen molar-refractivity contribution in [3.05, 3.63) is 40.5 Å². The molecule has 3 saturated heterocycles. The van der Waals surface area contributed by atoms with E-state index in [2.05, 4.69) is 20.2 Å². The number of methoxy groups -OCH3 is 1. The third kappa shape index (κ3) is 5.85. The molecule has 0 aliphatic carbocycles. The summed E-state index contributed by atoms with van der Waals surface area (Å²) >= 11 is 0. The van der Waals surface area contributed by atoms with Crippen LogP contribution in [-0.2, 0) is 6.18 Å². The molecular formula is C33H37F5N8O2. The summed E-state index contributed by atoms with van der Waals surface area (Å²) in [6.07, 6.45) is -2.03. The van der Waals surface area contributed by atoms with Crippen LogP contribution in [0.3, 0.4) is 0 Å². The van der Waals surface area contributed by atoms with Gasteiger partial charge >= 0.3 is 12.2 Å². The lowest BCUT2D eigenvalue weighted by Gasteiger charge is -2.41. The van der Waals surface area contributed by atoms with Gasteiger partial charge in [0.25, 0.3) is 0 Å². The topological polar surface area (TPSA) is 125 Å². The number of ether oxygens (including phenoxy) is 2. The third-order valence-corrected chi connectivity index (χ3v) is 9.75. The summed E-state index contributed by atoms with van der Waals surface area (Å²) in [7, 11) is 1.26. The number of nitrogens with one attached hydrogen (secondary N) is 1. The summed E-state index contributed by atoms with van der Waals surface area (Å²) in [6, 6.07) is 2.77. The number of nitriles is 1. The van der Waals surface area contributed by atoms with Gasteiger partial charge in [0.05, 0.1) is 30.3 Å². The first-order valence-electron chi connectivity index (χ1n) is 15.8. The third-order valence-electron chi connectivity index (χ3n) is 9.75. The summed E-state index contributed by atoms with van der Waals surface area (Å²) in [5, 5.41) is 13.5. The van der Waals surface area contributed by atoms with E-state index in [0.29, 0.717) is 44.5 Å². The second-order valence-electron chi connectivity index (χ2n) is 13.0. The number of aromatic nitrogens is 3. The van der Waals surface area contributed by atoms with Gasteiger partial charge < -0.3 is 30.3 Å². The van der Waals surface area contributed by atoms with Gasteiger partial charge in [-0.15, -0.1) is 0 Å². The molecule has 10 nitrogen and oxygen atoms in total. The molecule has 3 N–H and O–H groups in total. The largest absolute Gasteiger partial charge is 0.480 e. The maximum Gasteiger partial charge on any atom is 0.417 e. The zero-order valence-electron chi connectivity index (χ0n) is 27.1. The van der Waals surface area contributed by atoms with Crippen molar-refractivity contribution in [1.82, 2.24) is 25.2 Å².